The molecule has 6 heteroatoms. The number of carboxylic acid groups (broad SMARTS) is 1. The van der Waals surface area contributed by atoms with Crippen molar-refractivity contribution in [2.75, 3.05) is 0 Å². The lowest BCUT2D eigenvalue weighted by atomic mass is 9.95. The lowest BCUT2D eigenvalue weighted by Crippen LogP contribution is -2.27. The van der Waals surface area contributed by atoms with Crippen LogP contribution in [0.4, 0.5) is 0 Å². The Balaban J connectivity index is 1.74. The molecule has 0 saturated heterocycles. The number of hydrogen-bond donors (Lipinski definition) is 2. The van der Waals surface area contributed by atoms with Gasteiger partial charge in [-0.05, 0) is 48.6 Å². The Morgan fingerprint density at radius 2 is 1.61 bits per heavy atom. The lowest BCUT2D eigenvalue weighted by molar-refractivity contribution is 0.0663. The fourth-order valence-electron chi connectivity index (χ4n) is 4.63. The Kier molecular flexibility index (Phi) is 10.6. The van der Waals surface area contributed by atoms with Gasteiger partial charge in [-0.1, -0.05) is 94.8 Å². The molecule has 0 saturated carbocycles. The number of rotatable bonds is 15. The highest BCUT2D eigenvalue weighted by atomic mass is 32.2. The van der Waals surface area contributed by atoms with Gasteiger partial charge >= 0.3 is 5.97 Å². The van der Waals surface area contributed by atoms with E-state index in [4.69, 9.17) is 4.42 Å². The monoisotopic (exact) mass is 510 g/mol. The number of carboxylic acids is 1. The van der Waals surface area contributed by atoms with Crippen molar-refractivity contribution >= 4 is 28.7 Å². The van der Waals surface area contributed by atoms with Crippen molar-refractivity contribution in [3.8, 4) is 0 Å². The van der Waals surface area contributed by atoms with Gasteiger partial charge in [0, 0.05) is 17.4 Å². The van der Waals surface area contributed by atoms with E-state index in [1.807, 2.05) is 6.07 Å². The molecule has 0 spiro atoms. The third-order valence-corrected chi connectivity index (χ3v) is 7.71. The summed E-state index contributed by atoms with van der Waals surface area (Å²) in [7, 11) is 0. The van der Waals surface area contributed by atoms with E-state index in [0.29, 0.717) is 18.2 Å². The van der Waals surface area contributed by atoms with Crippen LogP contribution in [0.15, 0.2) is 62.6 Å². The largest absolute Gasteiger partial charge is 0.475 e. The predicted molar refractivity (Wildman–Crippen MR) is 147 cm³/mol. The van der Waals surface area contributed by atoms with Crippen LogP contribution >= 0.6 is 11.8 Å². The van der Waals surface area contributed by atoms with E-state index >= 15 is 0 Å². The summed E-state index contributed by atoms with van der Waals surface area (Å²) in [5, 5.41) is 21.2. The van der Waals surface area contributed by atoms with Gasteiger partial charge in [-0.25, -0.2) is 4.79 Å². The number of thioether (sulfide) groups is 1. The molecule has 0 aliphatic carbocycles. The standard InChI is InChI=1S/C30H38O5S/c1-3-5-6-7-8-9-10-13-22-14-11-12-15-23(22)21-30(34,18-4-2)36-24-16-17-25-26(31)20-28(29(32)33)35-27(25)19-24/h11-12,14-17,19-20,34H,3-10,13,18,21H2,1-2H3,(H,32,33)/t30-/m0/s1. The first-order valence-corrected chi connectivity index (χ1v) is 14.0. The number of benzene rings is 2. The normalized spacial score (nSPS) is 13.1. The van der Waals surface area contributed by atoms with E-state index in [-0.39, 0.29) is 5.58 Å². The second-order valence-corrected chi connectivity index (χ2v) is 11.0. The molecule has 5 nitrogen and oxygen atoms in total. The van der Waals surface area contributed by atoms with Gasteiger partial charge in [0.05, 0.1) is 5.39 Å². The van der Waals surface area contributed by atoms with Crippen LogP contribution in [0.3, 0.4) is 0 Å². The molecule has 1 atom stereocenters. The van der Waals surface area contributed by atoms with E-state index < -0.39 is 22.1 Å². The smallest absolute Gasteiger partial charge is 0.371 e. The van der Waals surface area contributed by atoms with Crippen LogP contribution in [-0.2, 0) is 12.8 Å². The maximum absolute atomic E-state index is 12.3. The maximum atomic E-state index is 12.3. The second-order valence-electron chi connectivity index (χ2n) is 9.55. The van der Waals surface area contributed by atoms with Gasteiger partial charge < -0.3 is 14.6 Å². The zero-order valence-electron chi connectivity index (χ0n) is 21.4. The minimum Gasteiger partial charge on any atom is -0.475 e. The van der Waals surface area contributed by atoms with Crippen molar-refractivity contribution in [1.29, 1.82) is 0 Å². The molecule has 3 rings (SSSR count). The van der Waals surface area contributed by atoms with E-state index in [1.165, 1.54) is 55.9 Å². The first-order chi connectivity index (χ1) is 17.3. The molecule has 0 unspecified atom stereocenters. The van der Waals surface area contributed by atoms with E-state index in [9.17, 15) is 19.8 Å². The number of aromatic carboxylic acids is 1. The molecular formula is C30H38O5S. The average molecular weight is 511 g/mol. The van der Waals surface area contributed by atoms with Gasteiger partial charge in [-0.3, -0.25) is 4.79 Å². The van der Waals surface area contributed by atoms with Crippen molar-refractivity contribution in [2.24, 2.45) is 0 Å². The van der Waals surface area contributed by atoms with Crippen molar-refractivity contribution in [2.45, 2.75) is 94.3 Å². The summed E-state index contributed by atoms with van der Waals surface area (Å²) < 4.78 is 5.45. The molecule has 36 heavy (non-hydrogen) atoms. The topological polar surface area (TPSA) is 87.7 Å². The van der Waals surface area contributed by atoms with Crippen molar-refractivity contribution < 1.29 is 19.4 Å². The zero-order chi connectivity index (χ0) is 26.0. The van der Waals surface area contributed by atoms with Gasteiger partial charge in [0.2, 0.25) is 5.76 Å². The summed E-state index contributed by atoms with van der Waals surface area (Å²) in [4.78, 5) is 23.3. The zero-order valence-corrected chi connectivity index (χ0v) is 22.2. The Bertz CT molecular complexity index is 1200. The SMILES string of the molecule is CCCCCCCCCc1ccccc1C[C@](O)(CCC)Sc1ccc2c(=O)cc(C(=O)O)oc2c1. The number of aliphatic hydroxyl groups is 1. The quantitative estimate of drug-likeness (QED) is 0.124. The number of unbranched alkanes of at least 4 members (excludes halogenated alkanes) is 6. The molecule has 0 radical (unpaired) electrons. The van der Waals surface area contributed by atoms with Gasteiger partial charge in [-0.15, -0.1) is 0 Å². The molecule has 1 aromatic heterocycles. The summed E-state index contributed by atoms with van der Waals surface area (Å²) >= 11 is 1.34. The van der Waals surface area contributed by atoms with E-state index in [1.54, 1.807) is 18.2 Å². The molecule has 2 aromatic carbocycles. The highest BCUT2D eigenvalue weighted by Crippen LogP contribution is 2.39. The summed E-state index contributed by atoms with van der Waals surface area (Å²) in [6.07, 6.45) is 11.8. The third kappa shape index (κ3) is 7.97. The highest BCUT2D eigenvalue weighted by Gasteiger charge is 2.29. The Morgan fingerprint density at radius 1 is 0.917 bits per heavy atom. The number of fused-ring (bicyclic) bond motifs is 1. The Morgan fingerprint density at radius 3 is 2.31 bits per heavy atom. The van der Waals surface area contributed by atoms with Crippen LogP contribution in [0.25, 0.3) is 11.0 Å². The summed E-state index contributed by atoms with van der Waals surface area (Å²) in [5.41, 5.74) is 2.26. The van der Waals surface area contributed by atoms with Crippen LogP contribution in [-0.4, -0.2) is 21.1 Å². The molecule has 0 aliphatic rings. The molecule has 0 aliphatic heterocycles. The predicted octanol–water partition coefficient (Wildman–Crippen LogP) is 7.61. The minimum absolute atomic E-state index is 0.211. The van der Waals surface area contributed by atoms with Crippen molar-refractivity contribution in [3.63, 3.8) is 0 Å². The number of carbonyl (C=O) groups is 1. The molecule has 0 bridgehead atoms. The Labute approximate surface area is 217 Å². The second kappa shape index (κ2) is 13.7. The molecule has 2 N–H and O–H groups in total. The minimum atomic E-state index is -1.29. The number of aryl methyl sites for hydroxylation is 1. The van der Waals surface area contributed by atoms with Crippen molar-refractivity contribution in [1.82, 2.24) is 0 Å². The highest BCUT2D eigenvalue weighted by molar-refractivity contribution is 8.00. The number of hydrogen-bond acceptors (Lipinski definition) is 5. The fourth-order valence-corrected chi connectivity index (χ4v) is 5.91. The van der Waals surface area contributed by atoms with E-state index in [2.05, 4.69) is 32.0 Å². The molecule has 194 valence electrons. The summed E-state index contributed by atoms with van der Waals surface area (Å²) in [6, 6.07) is 14.4. The Hall–Kier alpha value is -2.57. The summed E-state index contributed by atoms with van der Waals surface area (Å²) in [6.45, 7) is 4.29. The molecule has 3 aromatic rings. The van der Waals surface area contributed by atoms with Gasteiger partial charge in [0.1, 0.15) is 10.5 Å². The molecule has 0 fully saturated rings. The van der Waals surface area contributed by atoms with Crippen LogP contribution in [0, 0.1) is 0 Å². The third-order valence-electron chi connectivity index (χ3n) is 6.49. The van der Waals surface area contributed by atoms with Crippen LogP contribution in [0.1, 0.15) is 93.3 Å². The van der Waals surface area contributed by atoms with Crippen LogP contribution in [0.5, 0.6) is 0 Å². The van der Waals surface area contributed by atoms with Gasteiger partial charge in [0.15, 0.2) is 5.43 Å². The van der Waals surface area contributed by atoms with Gasteiger partial charge in [0.25, 0.3) is 0 Å². The average Bonchev–Trinajstić information content (AvgIpc) is 2.84. The van der Waals surface area contributed by atoms with Crippen molar-refractivity contribution in [3.05, 3.63) is 75.6 Å². The van der Waals surface area contributed by atoms with Crippen LogP contribution in [0.2, 0.25) is 0 Å². The first-order valence-electron chi connectivity index (χ1n) is 13.1. The maximum Gasteiger partial charge on any atom is 0.371 e. The van der Waals surface area contributed by atoms with Gasteiger partial charge in [-0.2, -0.15) is 0 Å². The van der Waals surface area contributed by atoms with Crippen LogP contribution < -0.4 is 5.43 Å². The molecule has 0 amide bonds. The van der Waals surface area contributed by atoms with E-state index in [0.717, 1.165) is 35.8 Å². The lowest BCUT2D eigenvalue weighted by Gasteiger charge is -2.28. The molecule has 1 heterocycles. The first kappa shape index (κ1) is 28.0. The fraction of sp³-hybridized carbons (Fsp3) is 0.467. The molecular weight excluding hydrogens is 472 g/mol. The summed E-state index contributed by atoms with van der Waals surface area (Å²) in [5.74, 6) is -1.68.